The summed E-state index contributed by atoms with van der Waals surface area (Å²) in [5.41, 5.74) is 1.24. The van der Waals surface area contributed by atoms with Crippen LogP contribution in [0.5, 0.6) is 0 Å². The van der Waals surface area contributed by atoms with Gasteiger partial charge in [0.25, 0.3) is 0 Å². The molecule has 84 valence electrons. The van der Waals surface area contributed by atoms with E-state index in [0.29, 0.717) is 15.0 Å². The minimum atomic E-state index is 0.433. The van der Waals surface area contributed by atoms with Gasteiger partial charge in [-0.2, -0.15) is 0 Å². The molecule has 0 nitrogen and oxygen atoms in total. The van der Waals surface area contributed by atoms with Crippen molar-refractivity contribution in [3.8, 4) is 0 Å². The van der Waals surface area contributed by atoms with Crippen LogP contribution in [-0.2, 0) is 0 Å². The fourth-order valence-corrected chi connectivity index (χ4v) is 2.74. The van der Waals surface area contributed by atoms with Crippen LogP contribution in [0, 0.1) is 0 Å². The van der Waals surface area contributed by atoms with Crippen molar-refractivity contribution in [1.29, 1.82) is 0 Å². The summed E-state index contributed by atoms with van der Waals surface area (Å²) in [6.45, 7) is 0. The Labute approximate surface area is 109 Å². The molecule has 0 heterocycles. The molecule has 17 heavy (non-hydrogen) atoms. The van der Waals surface area contributed by atoms with Crippen LogP contribution in [0.4, 0.5) is 0 Å². The molecule has 0 aliphatic carbocycles. The van der Waals surface area contributed by atoms with Crippen molar-refractivity contribution in [1.82, 2.24) is 0 Å². The van der Waals surface area contributed by atoms with Gasteiger partial charge in [-0.25, -0.2) is 0 Å². The first-order valence-corrected chi connectivity index (χ1v) is 7.40. The summed E-state index contributed by atoms with van der Waals surface area (Å²) in [5, 5.41) is 0. The summed E-state index contributed by atoms with van der Waals surface area (Å²) >= 11 is 0.433. The van der Waals surface area contributed by atoms with Crippen LogP contribution in [0.25, 0.3) is 6.08 Å². The SMILES string of the molecule is C(/C=C/c1ccccc1)=C\[Se]c1ccccc1. The first-order valence-electron chi connectivity index (χ1n) is 5.55. The Morgan fingerprint density at radius 1 is 0.706 bits per heavy atom. The molecule has 0 spiro atoms. The molecule has 0 fully saturated rings. The van der Waals surface area contributed by atoms with Gasteiger partial charge in [-0.1, -0.05) is 0 Å². The van der Waals surface area contributed by atoms with E-state index >= 15 is 0 Å². The summed E-state index contributed by atoms with van der Waals surface area (Å²) in [6, 6.07) is 20.9. The molecule has 0 aliphatic heterocycles. The monoisotopic (exact) mass is 286 g/mol. The second kappa shape index (κ2) is 6.90. The van der Waals surface area contributed by atoms with Gasteiger partial charge < -0.3 is 0 Å². The second-order valence-corrected chi connectivity index (χ2v) is 5.58. The Morgan fingerprint density at radius 2 is 1.35 bits per heavy atom. The fourth-order valence-electron chi connectivity index (χ4n) is 1.39. The molecule has 0 radical (unpaired) electrons. The Morgan fingerprint density at radius 3 is 2.06 bits per heavy atom. The van der Waals surface area contributed by atoms with Crippen molar-refractivity contribution < 1.29 is 0 Å². The van der Waals surface area contributed by atoms with Crippen LogP contribution < -0.4 is 4.46 Å². The Balaban J connectivity index is 1.85. The molecule has 0 aliphatic rings. The standard InChI is InChI=1S/C16H14Se/c1-3-9-15(10-4-1)11-7-8-14-17-16-12-5-2-6-13-16/h1-14H/b11-7+,14-8+. The van der Waals surface area contributed by atoms with Crippen LogP contribution in [0.2, 0.25) is 0 Å². The molecule has 0 N–H and O–H groups in total. The Kier molecular flexibility index (Phi) is 4.84. The summed E-state index contributed by atoms with van der Waals surface area (Å²) in [7, 11) is 0. The average Bonchev–Trinajstić information content (AvgIpc) is 2.41. The number of hydrogen-bond donors (Lipinski definition) is 0. The molecule has 0 saturated carbocycles. The zero-order valence-electron chi connectivity index (χ0n) is 9.49. The molecule has 2 aromatic rings. The Bertz CT molecular complexity index is 483. The molecule has 2 aromatic carbocycles. The van der Waals surface area contributed by atoms with E-state index in [1.54, 1.807) is 0 Å². The summed E-state index contributed by atoms with van der Waals surface area (Å²) < 4.78 is 1.41. The molecule has 0 unspecified atom stereocenters. The van der Waals surface area contributed by atoms with Crippen molar-refractivity contribution in [3.05, 3.63) is 83.4 Å². The first kappa shape index (κ1) is 11.9. The summed E-state index contributed by atoms with van der Waals surface area (Å²) in [6.07, 6.45) is 6.34. The predicted octanol–water partition coefficient (Wildman–Crippen LogP) is 3.24. The van der Waals surface area contributed by atoms with E-state index in [4.69, 9.17) is 0 Å². The zero-order valence-corrected chi connectivity index (χ0v) is 11.2. The molecular formula is C16H14Se. The van der Waals surface area contributed by atoms with E-state index in [1.807, 2.05) is 6.07 Å². The van der Waals surface area contributed by atoms with Gasteiger partial charge in [0, 0.05) is 0 Å². The molecule has 0 amide bonds. The number of allylic oxidation sites excluding steroid dienone is 2. The van der Waals surface area contributed by atoms with E-state index in [9.17, 15) is 0 Å². The van der Waals surface area contributed by atoms with Crippen LogP contribution in [0.15, 0.2) is 77.8 Å². The van der Waals surface area contributed by atoms with Crippen molar-refractivity contribution >= 4 is 25.5 Å². The van der Waals surface area contributed by atoms with Crippen molar-refractivity contribution in [2.24, 2.45) is 0 Å². The van der Waals surface area contributed by atoms with E-state index in [1.165, 1.54) is 10.0 Å². The maximum absolute atomic E-state index is 2.24. The van der Waals surface area contributed by atoms with Gasteiger partial charge >= 0.3 is 109 Å². The molecule has 0 saturated heterocycles. The average molecular weight is 285 g/mol. The molecular weight excluding hydrogens is 271 g/mol. The third kappa shape index (κ3) is 4.44. The van der Waals surface area contributed by atoms with Gasteiger partial charge in [-0.05, 0) is 0 Å². The van der Waals surface area contributed by atoms with E-state index in [2.05, 4.69) is 77.8 Å². The number of rotatable bonds is 4. The molecule has 1 heteroatoms. The van der Waals surface area contributed by atoms with Crippen molar-refractivity contribution in [3.63, 3.8) is 0 Å². The third-order valence-corrected chi connectivity index (χ3v) is 3.98. The van der Waals surface area contributed by atoms with Crippen molar-refractivity contribution in [2.45, 2.75) is 0 Å². The maximum atomic E-state index is 2.24. The fraction of sp³-hybridized carbons (Fsp3) is 0. The quantitative estimate of drug-likeness (QED) is 0.597. The van der Waals surface area contributed by atoms with Gasteiger partial charge in [-0.3, -0.25) is 0 Å². The zero-order chi connectivity index (χ0) is 11.8. The third-order valence-electron chi connectivity index (χ3n) is 2.23. The van der Waals surface area contributed by atoms with Gasteiger partial charge in [0.15, 0.2) is 0 Å². The van der Waals surface area contributed by atoms with Gasteiger partial charge in [0.05, 0.1) is 0 Å². The van der Waals surface area contributed by atoms with Crippen LogP contribution in [-0.4, -0.2) is 15.0 Å². The van der Waals surface area contributed by atoms with E-state index < -0.39 is 0 Å². The van der Waals surface area contributed by atoms with Crippen LogP contribution >= 0.6 is 0 Å². The second-order valence-electron chi connectivity index (χ2n) is 3.53. The van der Waals surface area contributed by atoms with Crippen LogP contribution in [0.3, 0.4) is 0 Å². The molecule has 2 rings (SSSR count). The Hall–Kier alpha value is -1.56. The van der Waals surface area contributed by atoms with Gasteiger partial charge in [0.1, 0.15) is 0 Å². The minimum absolute atomic E-state index is 0.433. The van der Waals surface area contributed by atoms with Crippen molar-refractivity contribution in [2.75, 3.05) is 0 Å². The number of hydrogen-bond acceptors (Lipinski definition) is 0. The van der Waals surface area contributed by atoms with Crippen LogP contribution in [0.1, 0.15) is 5.56 Å². The van der Waals surface area contributed by atoms with Gasteiger partial charge in [-0.15, -0.1) is 0 Å². The summed E-state index contributed by atoms with van der Waals surface area (Å²) in [4.78, 5) is 2.24. The van der Waals surface area contributed by atoms with Gasteiger partial charge in [0.2, 0.25) is 0 Å². The van der Waals surface area contributed by atoms with E-state index in [0.717, 1.165) is 0 Å². The number of benzene rings is 2. The predicted molar refractivity (Wildman–Crippen MR) is 76.4 cm³/mol. The molecule has 0 aromatic heterocycles. The normalized spacial score (nSPS) is 11.3. The molecule has 0 bridgehead atoms. The van der Waals surface area contributed by atoms with E-state index in [-0.39, 0.29) is 0 Å². The topological polar surface area (TPSA) is 0 Å². The summed E-state index contributed by atoms with van der Waals surface area (Å²) in [5.74, 6) is 0. The first-order chi connectivity index (χ1) is 8.45. The molecule has 0 atom stereocenters.